The van der Waals surface area contributed by atoms with Gasteiger partial charge < -0.3 is 15.5 Å². The van der Waals surface area contributed by atoms with E-state index in [-0.39, 0.29) is 11.8 Å². The van der Waals surface area contributed by atoms with Crippen LogP contribution in [0, 0.1) is 0 Å². The highest BCUT2D eigenvalue weighted by Gasteiger charge is 2.23. The second kappa shape index (κ2) is 8.49. The van der Waals surface area contributed by atoms with Gasteiger partial charge in [0.1, 0.15) is 0 Å². The molecule has 0 radical (unpaired) electrons. The van der Waals surface area contributed by atoms with E-state index >= 15 is 0 Å². The zero-order valence-electron chi connectivity index (χ0n) is 16.2. The second-order valence-corrected chi connectivity index (χ2v) is 8.17. The minimum atomic E-state index is -0.130. The molecule has 0 saturated carbocycles. The molecule has 29 heavy (non-hydrogen) atoms. The summed E-state index contributed by atoms with van der Waals surface area (Å²) in [5.41, 5.74) is 3.86. The maximum atomic E-state index is 12.6. The molecule has 0 saturated heterocycles. The molecule has 1 aliphatic rings. The third kappa shape index (κ3) is 4.49. The number of nitrogens with one attached hydrogen (secondary N) is 2. The van der Waals surface area contributed by atoms with Gasteiger partial charge in [0.25, 0.3) is 5.91 Å². The molecule has 0 bridgehead atoms. The van der Waals surface area contributed by atoms with Gasteiger partial charge in [-0.2, -0.15) is 0 Å². The topological polar surface area (TPSA) is 61.4 Å². The molecule has 1 atom stereocenters. The Hall–Kier alpha value is -3.12. The van der Waals surface area contributed by atoms with Crippen LogP contribution in [0.4, 0.5) is 17.1 Å². The molecule has 1 unspecified atom stereocenters. The molecule has 0 fully saturated rings. The minimum Gasteiger partial charge on any atom is -0.362 e. The second-order valence-electron chi connectivity index (χ2n) is 7.23. The van der Waals surface area contributed by atoms with E-state index in [4.69, 9.17) is 0 Å². The highest BCUT2D eigenvalue weighted by Crippen LogP contribution is 2.34. The Morgan fingerprint density at radius 2 is 1.72 bits per heavy atom. The number of thiophene rings is 1. The quantitative estimate of drug-likeness (QED) is 0.631. The normalized spacial score (nSPS) is 15.5. The first-order valence-electron chi connectivity index (χ1n) is 9.69. The Balaban J connectivity index is 1.35. The van der Waals surface area contributed by atoms with Crippen molar-refractivity contribution in [2.75, 3.05) is 28.6 Å². The molecule has 148 valence electrons. The van der Waals surface area contributed by atoms with E-state index in [2.05, 4.69) is 40.7 Å². The van der Waals surface area contributed by atoms with Crippen molar-refractivity contribution in [2.24, 2.45) is 0 Å². The molecule has 1 aliphatic heterocycles. The zero-order chi connectivity index (χ0) is 20.2. The maximum Gasteiger partial charge on any atom is 0.265 e. The van der Waals surface area contributed by atoms with Gasteiger partial charge in [-0.05, 0) is 59.7 Å². The van der Waals surface area contributed by atoms with Crippen molar-refractivity contribution in [3.63, 3.8) is 0 Å². The number of fused-ring (bicyclic) bond motifs is 1. The van der Waals surface area contributed by atoms with Crippen molar-refractivity contribution in [2.45, 2.75) is 19.3 Å². The number of amides is 2. The number of rotatable bonds is 5. The van der Waals surface area contributed by atoms with Gasteiger partial charge in [0.15, 0.2) is 0 Å². The maximum absolute atomic E-state index is 12.6. The summed E-state index contributed by atoms with van der Waals surface area (Å²) in [5, 5.41) is 7.67. The van der Waals surface area contributed by atoms with Crippen molar-refractivity contribution in [1.82, 2.24) is 0 Å². The molecule has 2 amide bonds. The summed E-state index contributed by atoms with van der Waals surface area (Å²) in [7, 11) is 0. The van der Waals surface area contributed by atoms with E-state index in [1.807, 2.05) is 17.5 Å². The van der Waals surface area contributed by atoms with E-state index < -0.39 is 0 Å². The van der Waals surface area contributed by atoms with Crippen LogP contribution >= 0.6 is 11.3 Å². The molecular formula is C23H23N3O2S. The van der Waals surface area contributed by atoms with Gasteiger partial charge in [0.2, 0.25) is 5.91 Å². The highest BCUT2D eigenvalue weighted by atomic mass is 32.1. The third-order valence-electron chi connectivity index (χ3n) is 5.15. The number of carbonyl (C=O) groups is 2. The molecule has 0 aliphatic carbocycles. The fourth-order valence-electron chi connectivity index (χ4n) is 3.59. The molecular weight excluding hydrogens is 382 g/mol. The monoisotopic (exact) mass is 405 g/mol. The smallest absolute Gasteiger partial charge is 0.265 e. The van der Waals surface area contributed by atoms with E-state index in [0.717, 1.165) is 18.7 Å². The van der Waals surface area contributed by atoms with Crippen molar-refractivity contribution in [3.8, 4) is 0 Å². The summed E-state index contributed by atoms with van der Waals surface area (Å²) in [4.78, 5) is 27.5. The molecule has 0 spiro atoms. The van der Waals surface area contributed by atoms with Gasteiger partial charge in [0.05, 0.1) is 11.4 Å². The fraction of sp³-hybridized carbons (Fsp3) is 0.217. The predicted molar refractivity (Wildman–Crippen MR) is 119 cm³/mol. The highest BCUT2D eigenvalue weighted by molar-refractivity contribution is 7.12. The lowest BCUT2D eigenvalue weighted by Gasteiger charge is -2.34. The summed E-state index contributed by atoms with van der Waals surface area (Å²) >= 11 is 1.40. The summed E-state index contributed by atoms with van der Waals surface area (Å²) in [6.45, 7) is 3.43. The van der Waals surface area contributed by atoms with Crippen LogP contribution in [0.3, 0.4) is 0 Å². The van der Waals surface area contributed by atoms with Crippen molar-refractivity contribution in [3.05, 3.63) is 76.5 Å². The Morgan fingerprint density at radius 1 is 1.00 bits per heavy atom. The Bertz CT molecular complexity index is 999. The van der Waals surface area contributed by atoms with Crippen LogP contribution in [0.15, 0.2) is 66.0 Å². The lowest BCUT2D eigenvalue weighted by atomic mass is 9.91. The number of anilines is 3. The molecule has 2 aromatic carbocycles. The summed E-state index contributed by atoms with van der Waals surface area (Å²) < 4.78 is 0. The molecule has 5 nitrogen and oxygen atoms in total. The SMILES string of the molecule is CC1CCN(CC(=O)Nc2ccc(NC(=O)c3cccs3)cc2)c2ccccc21. The van der Waals surface area contributed by atoms with Crippen LogP contribution in [0.5, 0.6) is 0 Å². The van der Waals surface area contributed by atoms with Gasteiger partial charge in [-0.15, -0.1) is 11.3 Å². The van der Waals surface area contributed by atoms with Crippen molar-refractivity contribution < 1.29 is 9.59 Å². The summed E-state index contributed by atoms with van der Waals surface area (Å²) in [6, 6.07) is 19.1. The number of hydrogen-bond donors (Lipinski definition) is 2. The largest absolute Gasteiger partial charge is 0.362 e. The zero-order valence-corrected chi connectivity index (χ0v) is 17.0. The predicted octanol–water partition coefficient (Wildman–Crippen LogP) is 4.95. The number of para-hydroxylation sites is 1. The van der Waals surface area contributed by atoms with Gasteiger partial charge in [0, 0.05) is 23.6 Å². The van der Waals surface area contributed by atoms with Gasteiger partial charge in [-0.1, -0.05) is 31.2 Å². The lowest BCUT2D eigenvalue weighted by Crippen LogP contribution is -2.37. The van der Waals surface area contributed by atoms with E-state index in [0.29, 0.717) is 28.7 Å². The molecule has 6 heteroatoms. The van der Waals surface area contributed by atoms with Gasteiger partial charge in [-0.3, -0.25) is 9.59 Å². The van der Waals surface area contributed by atoms with Crippen LogP contribution in [0.1, 0.15) is 34.5 Å². The van der Waals surface area contributed by atoms with Gasteiger partial charge >= 0.3 is 0 Å². The molecule has 4 rings (SSSR count). The Kier molecular flexibility index (Phi) is 5.62. The van der Waals surface area contributed by atoms with Crippen LogP contribution in [0.25, 0.3) is 0 Å². The van der Waals surface area contributed by atoms with Crippen LogP contribution < -0.4 is 15.5 Å². The number of nitrogens with zero attached hydrogens (tertiary/aromatic N) is 1. The van der Waals surface area contributed by atoms with Crippen LogP contribution in [0.2, 0.25) is 0 Å². The first kappa shape index (κ1) is 19.2. The molecule has 3 aromatic rings. The molecule has 2 N–H and O–H groups in total. The third-order valence-corrected chi connectivity index (χ3v) is 6.01. The van der Waals surface area contributed by atoms with Crippen LogP contribution in [-0.4, -0.2) is 24.9 Å². The first-order chi connectivity index (χ1) is 14.1. The molecule has 1 aromatic heterocycles. The lowest BCUT2D eigenvalue weighted by molar-refractivity contribution is -0.115. The number of benzene rings is 2. The fourth-order valence-corrected chi connectivity index (χ4v) is 4.21. The van der Waals surface area contributed by atoms with Crippen LogP contribution in [-0.2, 0) is 4.79 Å². The van der Waals surface area contributed by atoms with Gasteiger partial charge in [-0.25, -0.2) is 0 Å². The Labute approximate surface area is 174 Å². The van der Waals surface area contributed by atoms with E-state index in [1.165, 1.54) is 16.9 Å². The number of carbonyl (C=O) groups excluding carboxylic acids is 2. The summed E-state index contributed by atoms with van der Waals surface area (Å²) in [6.07, 6.45) is 1.04. The first-order valence-corrected chi connectivity index (χ1v) is 10.6. The number of hydrogen-bond acceptors (Lipinski definition) is 4. The minimum absolute atomic E-state index is 0.0512. The summed E-state index contributed by atoms with van der Waals surface area (Å²) in [5.74, 6) is 0.335. The van der Waals surface area contributed by atoms with Crippen molar-refractivity contribution >= 4 is 40.2 Å². The standard InChI is InChI=1S/C23H23N3O2S/c1-16-12-13-26(20-6-3-2-5-19(16)20)15-22(27)24-17-8-10-18(11-9-17)25-23(28)21-7-4-14-29-21/h2-11,14,16H,12-13,15H2,1H3,(H,24,27)(H,25,28). The average Bonchev–Trinajstić information content (AvgIpc) is 3.27. The van der Waals surface area contributed by atoms with E-state index in [9.17, 15) is 9.59 Å². The average molecular weight is 406 g/mol. The Morgan fingerprint density at radius 3 is 2.45 bits per heavy atom. The molecule has 2 heterocycles. The van der Waals surface area contributed by atoms with E-state index in [1.54, 1.807) is 30.3 Å². The van der Waals surface area contributed by atoms with Crippen molar-refractivity contribution in [1.29, 1.82) is 0 Å².